The summed E-state index contributed by atoms with van der Waals surface area (Å²) in [4.78, 5) is 21.1. The smallest absolute Gasteiger partial charge is 0.267 e. The molecular formula is C12H8Br2N4O. The largest absolute Gasteiger partial charge is 0.283 e. The molecule has 0 aliphatic rings. The van der Waals surface area contributed by atoms with Crippen molar-refractivity contribution in [2.45, 2.75) is 13.8 Å². The first kappa shape index (κ1) is 12.7. The number of benzene rings is 1. The van der Waals surface area contributed by atoms with Crippen LogP contribution in [0.5, 0.6) is 0 Å². The van der Waals surface area contributed by atoms with Crippen LogP contribution in [0.3, 0.4) is 0 Å². The van der Waals surface area contributed by atoms with Gasteiger partial charge in [0, 0.05) is 8.95 Å². The Morgan fingerprint density at radius 1 is 1.11 bits per heavy atom. The zero-order valence-electron chi connectivity index (χ0n) is 10.1. The van der Waals surface area contributed by atoms with Gasteiger partial charge in [-0.05, 0) is 41.9 Å². The molecule has 3 rings (SSSR count). The molecule has 5 nitrogen and oxygen atoms in total. The maximum atomic E-state index is 12.4. The third-order valence-electron chi connectivity index (χ3n) is 2.89. The van der Waals surface area contributed by atoms with Gasteiger partial charge >= 0.3 is 0 Å². The first-order valence-electron chi connectivity index (χ1n) is 5.50. The third kappa shape index (κ3) is 1.97. The van der Waals surface area contributed by atoms with Crippen molar-refractivity contribution in [2.24, 2.45) is 0 Å². The summed E-state index contributed by atoms with van der Waals surface area (Å²) in [5.41, 5.74) is 1.84. The van der Waals surface area contributed by atoms with E-state index in [1.807, 2.05) is 19.9 Å². The molecular weight excluding hydrogens is 376 g/mol. The maximum Gasteiger partial charge on any atom is 0.283 e. The molecule has 7 heteroatoms. The summed E-state index contributed by atoms with van der Waals surface area (Å²) in [5.74, 6) is 0.309. The summed E-state index contributed by atoms with van der Waals surface area (Å²) >= 11 is 6.78. The fraction of sp³-hybridized carbons (Fsp3) is 0.167. The van der Waals surface area contributed by atoms with Gasteiger partial charge in [-0.25, -0.2) is 9.97 Å². The van der Waals surface area contributed by atoms with Gasteiger partial charge in [0.1, 0.15) is 0 Å². The average Bonchev–Trinajstić information content (AvgIpc) is 2.34. The minimum Gasteiger partial charge on any atom is -0.267 e. The molecule has 2 aromatic heterocycles. The number of hydrogen-bond acceptors (Lipinski definition) is 4. The van der Waals surface area contributed by atoms with Crippen LogP contribution in [0.15, 0.2) is 25.9 Å². The Balaban J connectivity index is 2.60. The summed E-state index contributed by atoms with van der Waals surface area (Å²) in [7, 11) is 0. The van der Waals surface area contributed by atoms with Crippen LogP contribution in [0.25, 0.3) is 16.7 Å². The van der Waals surface area contributed by atoms with Crippen LogP contribution in [-0.2, 0) is 0 Å². The van der Waals surface area contributed by atoms with Gasteiger partial charge in [-0.3, -0.25) is 4.79 Å². The van der Waals surface area contributed by atoms with Crippen LogP contribution in [0.4, 0.5) is 0 Å². The van der Waals surface area contributed by atoms with Gasteiger partial charge in [0.05, 0.1) is 22.3 Å². The Hall–Kier alpha value is -1.34. The summed E-state index contributed by atoms with van der Waals surface area (Å²) in [6, 6.07) is 3.58. The Bertz CT molecular complexity index is 888. The van der Waals surface area contributed by atoms with E-state index in [9.17, 15) is 4.79 Å². The Morgan fingerprint density at radius 3 is 2.58 bits per heavy atom. The van der Waals surface area contributed by atoms with Crippen LogP contribution < -0.4 is 5.56 Å². The number of nitrogens with zero attached hydrogens (tertiary/aromatic N) is 4. The summed E-state index contributed by atoms with van der Waals surface area (Å²) in [5, 5.41) is 4.73. The summed E-state index contributed by atoms with van der Waals surface area (Å²) < 4.78 is 2.79. The predicted molar refractivity (Wildman–Crippen MR) is 79.4 cm³/mol. The highest BCUT2D eigenvalue weighted by molar-refractivity contribution is 9.11. The first-order valence-corrected chi connectivity index (χ1v) is 7.09. The molecule has 0 bridgehead atoms. The molecule has 3 aromatic rings. The van der Waals surface area contributed by atoms with Crippen molar-refractivity contribution in [1.29, 1.82) is 0 Å². The van der Waals surface area contributed by atoms with Gasteiger partial charge in [0.15, 0.2) is 0 Å². The lowest BCUT2D eigenvalue weighted by molar-refractivity contribution is 0.808. The molecule has 0 unspecified atom stereocenters. The molecule has 1 aromatic carbocycles. The number of aryl methyl sites for hydroxylation is 2. The molecule has 0 fully saturated rings. The lowest BCUT2D eigenvalue weighted by Crippen LogP contribution is -2.20. The van der Waals surface area contributed by atoms with E-state index in [1.165, 1.54) is 4.52 Å². The third-order valence-corrected chi connectivity index (χ3v) is 3.96. The molecule has 2 heterocycles. The van der Waals surface area contributed by atoms with E-state index < -0.39 is 0 Å². The normalized spacial score (nSPS) is 11.4. The molecule has 0 N–H and O–H groups in total. The van der Waals surface area contributed by atoms with Crippen molar-refractivity contribution >= 4 is 48.5 Å². The van der Waals surface area contributed by atoms with E-state index in [1.54, 1.807) is 6.07 Å². The van der Waals surface area contributed by atoms with Crippen LogP contribution in [-0.4, -0.2) is 19.6 Å². The molecule has 0 amide bonds. The van der Waals surface area contributed by atoms with Crippen LogP contribution in [0.2, 0.25) is 0 Å². The van der Waals surface area contributed by atoms with Crippen molar-refractivity contribution in [3.05, 3.63) is 42.8 Å². The Labute approximate surface area is 124 Å². The van der Waals surface area contributed by atoms with Crippen LogP contribution in [0.1, 0.15) is 11.4 Å². The second kappa shape index (κ2) is 4.35. The molecule has 0 atom stereocenters. The van der Waals surface area contributed by atoms with Crippen LogP contribution in [0, 0.1) is 13.8 Å². The molecule has 0 spiro atoms. The van der Waals surface area contributed by atoms with Gasteiger partial charge in [-0.1, -0.05) is 15.9 Å². The molecule has 0 radical (unpaired) electrons. The number of halogens is 2. The van der Waals surface area contributed by atoms with Gasteiger partial charge in [0.25, 0.3) is 11.3 Å². The summed E-state index contributed by atoms with van der Waals surface area (Å²) in [6.45, 7) is 3.66. The van der Waals surface area contributed by atoms with E-state index in [0.717, 1.165) is 14.6 Å². The monoisotopic (exact) mass is 382 g/mol. The first-order chi connectivity index (χ1) is 8.97. The number of rotatable bonds is 0. The number of fused-ring (bicyclic) bond motifs is 2. The molecule has 0 saturated heterocycles. The Morgan fingerprint density at radius 2 is 1.84 bits per heavy atom. The molecule has 0 aliphatic heterocycles. The van der Waals surface area contributed by atoms with E-state index in [4.69, 9.17) is 0 Å². The van der Waals surface area contributed by atoms with Gasteiger partial charge in [0.2, 0.25) is 0 Å². The topological polar surface area (TPSA) is 60.2 Å². The predicted octanol–water partition coefficient (Wildman–Crippen LogP) is 2.78. The molecule has 0 aliphatic carbocycles. The number of hydrogen-bond donors (Lipinski definition) is 0. The SMILES string of the molecule is Cc1nc2nc3c(Br)cc(Br)cc3c(=O)n2nc1C. The highest BCUT2D eigenvalue weighted by atomic mass is 79.9. The van der Waals surface area contributed by atoms with Crippen molar-refractivity contribution in [3.63, 3.8) is 0 Å². The lowest BCUT2D eigenvalue weighted by Gasteiger charge is -2.06. The van der Waals surface area contributed by atoms with Crippen molar-refractivity contribution in [1.82, 2.24) is 19.6 Å². The van der Waals surface area contributed by atoms with E-state index in [-0.39, 0.29) is 5.56 Å². The maximum absolute atomic E-state index is 12.4. The van der Waals surface area contributed by atoms with Gasteiger partial charge in [-0.15, -0.1) is 0 Å². The van der Waals surface area contributed by atoms with Crippen molar-refractivity contribution in [3.8, 4) is 0 Å². The zero-order chi connectivity index (χ0) is 13.7. The zero-order valence-corrected chi connectivity index (χ0v) is 13.3. The minimum absolute atomic E-state index is 0.224. The highest BCUT2D eigenvalue weighted by Crippen LogP contribution is 2.25. The molecule has 0 saturated carbocycles. The second-order valence-electron chi connectivity index (χ2n) is 4.20. The van der Waals surface area contributed by atoms with Crippen LogP contribution >= 0.6 is 31.9 Å². The average molecular weight is 384 g/mol. The van der Waals surface area contributed by atoms with Crippen molar-refractivity contribution < 1.29 is 0 Å². The number of aromatic nitrogens is 4. The van der Waals surface area contributed by atoms with E-state index in [2.05, 4.69) is 46.9 Å². The standard InChI is InChI=1S/C12H8Br2N4O/c1-5-6(2)17-18-11(19)8-3-7(13)4-9(14)10(8)16-12(18)15-5/h3-4H,1-2H3. The highest BCUT2D eigenvalue weighted by Gasteiger charge is 2.12. The van der Waals surface area contributed by atoms with E-state index >= 15 is 0 Å². The van der Waals surface area contributed by atoms with Crippen molar-refractivity contribution in [2.75, 3.05) is 0 Å². The minimum atomic E-state index is -0.224. The fourth-order valence-electron chi connectivity index (χ4n) is 1.81. The fourth-order valence-corrected chi connectivity index (χ4v) is 3.12. The summed E-state index contributed by atoms with van der Waals surface area (Å²) in [6.07, 6.45) is 0. The second-order valence-corrected chi connectivity index (χ2v) is 5.97. The van der Waals surface area contributed by atoms with Gasteiger partial charge < -0.3 is 0 Å². The quantitative estimate of drug-likeness (QED) is 0.560. The molecule has 96 valence electrons. The molecule has 19 heavy (non-hydrogen) atoms. The Kier molecular flexibility index (Phi) is 2.90. The lowest BCUT2D eigenvalue weighted by atomic mass is 10.2. The van der Waals surface area contributed by atoms with E-state index in [0.29, 0.717) is 22.4 Å². The van der Waals surface area contributed by atoms with Gasteiger partial charge in [-0.2, -0.15) is 9.61 Å².